The molecule has 0 saturated heterocycles. The Kier molecular flexibility index (Phi) is 6.79. The molecule has 6 heteroatoms. The van der Waals surface area contributed by atoms with Gasteiger partial charge in [-0.1, -0.05) is 139 Å². The van der Waals surface area contributed by atoms with Gasteiger partial charge in [-0.2, -0.15) is 0 Å². The van der Waals surface area contributed by atoms with E-state index in [2.05, 4.69) is 210 Å². The van der Waals surface area contributed by atoms with Gasteiger partial charge in [0.15, 0.2) is 8.07 Å². The lowest BCUT2D eigenvalue weighted by Gasteiger charge is -2.45. The van der Waals surface area contributed by atoms with Gasteiger partial charge in [0.05, 0.1) is 0 Å². The van der Waals surface area contributed by atoms with Crippen LogP contribution in [-0.2, 0) is 0 Å². The minimum absolute atomic E-state index is 0.0212. The summed E-state index contributed by atoms with van der Waals surface area (Å²) in [7, 11) is -2.75. The van der Waals surface area contributed by atoms with Crippen LogP contribution in [0.15, 0.2) is 210 Å². The highest BCUT2D eigenvalue weighted by atomic mass is 32.2. The number of para-hydroxylation sites is 2. The van der Waals surface area contributed by atoms with Crippen LogP contribution in [0.4, 0.5) is 34.1 Å². The minimum atomic E-state index is -2.75. The molecule has 2 nitrogen and oxygen atoms in total. The fourth-order valence-corrected chi connectivity index (χ4v) is 19.7. The zero-order valence-electron chi connectivity index (χ0n) is 32.3. The molecule has 1 spiro atoms. The molecule has 0 radical (unpaired) electrons. The summed E-state index contributed by atoms with van der Waals surface area (Å²) in [5.74, 6) is 0. The van der Waals surface area contributed by atoms with Crippen molar-refractivity contribution in [1.82, 2.24) is 0 Å². The lowest BCUT2D eigenvalue weighted by atomic mass is 9.33. The molecule has 0 amide bonds. The monoisotopic (exact) mass is 812 g/mol. The maximum absolute atomic E-state index is 2.75. The fraction of sp³-hybridized carbons (Fsp3) is 0. The lowest BCUT2D eigenvalue weighted by Crippen LogP contribution is -2.75. The van der Waals surface area contributed by atoms with E-state index in [1.165, 1.54) is 112 Å². The Bertz CT molecular complexity index is 3410. The number of hydrogen-bond donors (Lipinski definition) is 0. The summed E-state index contributed by atoms with van der Waals surface area (Å²) in [6.45, 7) is 0.0212. The summed E-state index contributed by atoms with van der Waals surface area (Å²) in [5, 5.41) is 8.63. The molecule has 4 aliphatic heterocycles. The van der Waals surface area contributed by atoms with E-state index in [0.717, 1.165) is 0 Å². The molecule has 0 atom stereocenters. The van der Waals surface area contributed by atoms with Crippen molar-refractivity contribution in [2.75, 3.05) is 9.80 Å². The molecule has 10 aromatic rings. The molecule has 0 fully saturated rings. The van der Waals surface area contributed by atoms with Gasteiger partial charge in [-0.3, -0.25) is 0 Å². The van der Waals surface area contributed by atoms with Crippen molar-refractivity contribution in [1.29, 1.82) is 0 Å². The van der Waals surface area contributed by atoms with E-state index < -0.39 is 8.07 Å². The number of thiophene rings is 1. The number of hydrogen-bond acceptors (Lipinski definition) is 4. The molecule has 0 N–H and O–H groups in total. The van der Waals surface area contributed by atoms with Crippen molar-refractivity contribution in [3.63, 3.8) is 0 Å². The molecule has 0 unspecified atom stereocenters. The number of rotatable bonds is 2. The van der Waals surface area contributed by atoms with Crippen LogP contribution >= 0.6 is 23.1 Å². The first-order chi connectivity index (χ1) is 29.8. The van der Waals surface area contributed by atoms with Gasteiger partial charge in [0, 0.05) is 64.1 Å². The van der Waals surface area contributed by atoms with Gasteiger partial charge < -0.3 is 9.80 Å². The van der Waals surface area contributed by atoms with Gasteiger partial charge in [0.25, 0.3) is 6.71 Å². The molecular formula is C54H33BN2S2Si. The average Bonchev–Trinajstić information content (AvgIpc) is 3.81. The van der Waals surface area contributed by atoms with Crippen LogP contribution in [0.3, 0.4) is 0 Å². The highest BCUT2D eigenvalue weighted by molar-refractivity contribution is 8.00. The van der Waals surface area contributed by atoms with Crippen LogP contribution in [0.5, 0.6) is 0 Å². The molecule has 5 heterocycles. The summed E-state index contributed by atoms with van der Waals surface area (Å²) >= 11 is 3.85. The van der Waals surface area contributed by atoms with Crippen LogP contribution in [0, 0.1) is 0 Å². The van der Waals surface area contributed by atoms with Crippen LogP contribution in [0.25, 0.3) is 31.3 Å². The van der Waals surface area contributed by atoms with Gasteiger partial charge in [-0.15, -0.1) is 11.3 Å². The molecule has 14 rings (SSSR count). The van der Waals surface area contributed by atoms with Crippen molar-refractivity contribution >= 4 is 129 Å². The standard InChI is InChI=1S/C54H33BN2S2Si/c1-3-16-34(17-4-1)56-42-22-15-23-43-54(42)55(41-32-49-38(31-44(41)56)36-20-7-9-24-46(36)58-49)40-30-39-37-21-8-12-27-50(37)60(53(39)33-45(40)57(43)35-18-5-2-6-19-35)51-28-13-10-25-47(51)59-48-26-11-14-29-52(48)60/h1-33H. The Morgan fingerprint density at radius 3 is 1.65 bits per heavy atom. The van der Waals surface area contributed by atoms with Gasteiger partial charge in [0.1, 0.15) is 0 Å². The van der Waals surface area contributed by atoms with Crippen LogP contribution in [0.2, 0.25) is 0 Å². The largest absolute Gasteiger partial charge is 0.311 e. The van der Waals surface area contributed by atoms with E-state index >= 15 is 0 Å². The number of anilines is 6. The van der Waals surface area contributed by atoms with Crippen molar-refractivity contribution in [3.8, 4) is 11.1 Å². The predicted molar refractivity (Wildman–Crippen MR) is 260 cm³/mol. The van der Waals surface area contributed by atoms with Crippen LogP contribution in [-0.4, -0.2) is 14.8 Å². The third kappa shape index (κ3) is 4.25. The summed E-state index contributed by atoms with van der Waals surface area (Å²) in [6, 6.07) is 76.2. The van der Waals surface area contributed by atoms with Crippen molar-refractivity contribution in [2.45, 2.75) is 9.79 Å². The van der Waals surface area contributed by atoms with E-state index in [1.54, 1.807) is 0 Å². The summed E-state index contributed by atoms with van der Waals surface area (Å²) < 4.78 is 2.66. The highest BCUT2D eigenvalue weighted by Crippen LogP contribution is 2.47. The van der Waals surface area contributed by atoms with Gasteiger partial charge in [-0.05, 0) is 121 Å². The van der Waals surface area contributed by atoms with Crippen LogP contribution in [0.1, 0.15) is 0 Å². The van der Waals surface area contributed by atoms with E-state index in [0.29, 0.717) is 0 Å². The zero-order valence-corrected chi connectivity index (χ0v) is 35.0. The van der Waals surface area contributed by atoms with Gasteiger partial charge in [-0.25, -0.2) is 0 Å². The summed E-state index contributed by atoms with van der Waals surface area (Å²) in [5.41, 5.74) is 14.2. The second kappa shape index (κ2) is 12.2. The first-order valence-corrected chi connectivity index (χ1v) is 24.3. The van der Waals surface area contributed by atoms with E-state index in [1.807, 2.05) is 23.1 Å². The van der Waals surface area contributed by atoms with Crippen molar-refractivity contribution < 1.29 is 0 Å². The summed E-state index contributed by atoms with van der Waals surface area (Å²) in [4.78, 5) is 7.88. The molecule has 9 aromatic carbocycles. The van der Waals surface area contributed by atoms with E-state index in [-0.39, 0.29) is 6.71 Å². The van der Waals surface area contributed by atoms with Gasteiger partial charge >= 0.3 is 0 Å². The molecule has 4 aliphatic rings. The predicted octanol–water partition coefficient (Wildman–Crippen LogP) is 9.96. The van der Waals surface area contributed by atoms with Gasteiger partial charge in [0.2, 0.25) is 0 Å². The fourth-order valence-electron chi connectivity index (χ4n) is 11.2. The quantitative estimate of drug-likeness (QED) is 0.161. The Labute approximate surface area is 358 Å². The summed E-state index contributed by atoms with van der Waals surface area (Å²) in [6.07, 6.45) is 0. The number of fused-ring (bicyclic) bond motifs is 16. The number of benzene rings is 9. The number of nitrogens with zero attached hydrogens (tertiary/aromatic N) is 2. The Hall–Kier alpha value is -6.57. The maximum Gasteiger partial charge on any atom is 0.252 e. The molecule has 0 saturated carbocycles. The third-order valence-corrected chi connectivity index (χ3v) is 21.1. The molecule has 0 aliphatic carbocycles. The van der Waals surface area contributed by atoms with Crippen molar-refractivity contribution in [3.05, 3.63) is 200 Å². The smallest absolute Gasteiger partial charge is 0.252 e. The molecule has 1 aromatic heterocycles. The Morgan fingerprint density at radius 1 is 0.383 bits per heavy atom. The minimum Gasteiger partial charge on any atom is -0.311 e. The maximum atomic E-state index is 2.66. The van der Waals surface area contributed by atoms with E-state index in [9.17, 15) is 0 Å². The Balaban J connectivity index is 1.13. The lowest BCUT2D eigenvalue weighted by molar-refractivity contribution is 1.26. The zero-order chi connectivity index (χ0) is 39.1. The second-order valence-electron chi connectivity index (χ2n) is 16.3. The average molecular weight is 813 g/mol. The first kappa shape index (κ1) is 33.3. The topological polar surface area (TPSA) is 6.48 Å². The normalized spacial score (nSPS) is 14.6. The van der Waals surface area contributed by atoms with Crippen molar-refractivity contribution in [2.24, 2.45) is 0 Å². The Morgan fingerprint density at radius 2 is 0.950 bits per heavy atom. The second-order valence-corrected chi connectivity index (χ2v) is 22.2. The SMILES string of the molecule is c1ccc(N2c3cc4c(cc3B3c5cc6sc7ccccc7c6cc5N(c5ccccc5)c5cccc2c53)-c2ccccc2[Si]42c3ccccc3Sc3ccccc32)cc1. The van der Waals surface area contributed by atoms with E-state index in [4.69, 9.17) is 0 Å². The molecule has 278 valence electrons. The molecule has 60 heavy (non-hydrogen) atoms. The highest BCUT2D eigenvalue weighted by Gasteiger charge is 2.54. The first-order valence-electron chi connectivity index (χ1n) is 20.7. The third-order valence-electron chi connectivity index (χ3n) is 13.5. The van der Waals surface area contributed by atoms with Crippen LogP contribution < -0.4 is 46.9 Å². The molecule has 0 bridgehead atoms. The molecular weight excluding hydrogens is 780 g/mol.